The third-order valence-electron chi connectivity index (χ3n) is 7.96. The lowest BCUT2D eigenvalue weighted by Gasteiger charge is -2.39. The average molecular weight is 553 g/mol. The van der Waals surface area contributed by atoms with Gasteiger partial charge >= 0.3 is 0 Å². The molecule has 214 valence electrons. The van der Waals surface area contributed by atoms with E-state index in [9.17, 15) is 9.59 Å². The van der Waals surface area contributed by atoms with E-state index in [2.05, 4.69) is 47.5 Å². The summed E-state index contributed by atoms with van der Waals surface area (Å²) in [6.07, 6.45) is 6.90. The number of rotatable bonds is 9. The van der Waals surface area contributed by atoms with Gasteiger partial charge in [-0.25, -0.2) is 9.97 Å². The molecule has 1 aromatic heterocycles. The molecule has 0 spiro atoms. The summed E-state index contributed by atoms with van der Waals surface area (Å²) in [5.41, 5.74) is 8.78. The molecule has 0 radical (unpaired) electrons. The lowest BCUT2D eigenvalue weighted by Crippen LogP contribution is -2.53. The number of nitrogens with two attached hydrogens (primary N) is 1. The molecule has 0 bridgehead atoms. The Kier molecular flexibility index (Phi) is 8.78. The normalized spacial score (nSPS) is 17.8. The van der Waals surface area contributed by atoms with Crippen LogP contribution in [-0.2, 0) is 17.8 Å². The van der Waals surface area contributed by atoms with E-state index in [0.717, 1.165) is 47.5 Å². The largest absolute Gasteiger partial charge is 0.368 e. The molecule has 41 heavy (non-hydrogen) atoms. The molecule has 2 heterocycles. The molecule has 0 saturated carbocycles. The first kappa shape index (κ1) is 28.5. The van der Waals surface area contributed by atoms with Crippen molar-refractivity contribution in [2.75, 3.05) is 25.0 Å². The van der Waals surface area contributed by atoms with Gasteiger partial charge < -0.3 is 16.0 Å². The Labute approximate surface area is 242 Å². The molecule has 2 aliphatic rings. The van der Waals surface area contributed by atoms with Crippen molar-refractivity contribution >= 4 is 29.8 Å². The SMILES string of the molecule is CC(C)C(Nc1nc(CN2CCN(C(=O)c3cccc(Cc4ccccc4)c3)CC2C)nc2c1=CCCC=2)C(N)=O. The minimum atomic E-state index is -0.517. The summed E-state index contributed by atoms with van der Waals surface area (Å²) < 4.78 is 0. The molecule has 3 aromatic rings. The molecule has 1 saturated heterocycles. The number of benzene rings is 2. The molecule has 5 rings (SSSR count). The van der Waals surface area contributed by atoms with Gasteiger partial charge in [0.05, 0.1) is 11.9 Å². The number of nitrogens with one attached hydrogen (secondary N) is 1. The predicted octanol–water partition coefficient (Wildman–Crippen LogP) is 2.69. The molecule has 1 fully saturated rings. The first-order chi connectivity index (χ1) is 19.8. The summed E-state index contributed by atoms with van der Waals surface area (Å²) in [6.45, 7) is 8.64. The number of carbonyl (C=O) groups is 2. The topological polar surface area (TPSA) is 104 Å². The first-order valence-electron chi connectivity index (χ1n) is 14.6. The number of piperazine rings is 1. The number of amides is 2. The van der Waals surface area contributed by atoms with E-state index in [1.54, 1.807) is 0 Å². The monoisotopic (exact) mass is 552 g/mol. The second-order valence-electron chi connectivity index (χ2n) is 11.5. The maximum Gasteiger partial charge on any atom is 0.253 e. The van der Waals surface area contributed by atoms with Crippen molar-refractivity contribution in [3.8, 4) is 0 Å². The van der Waals surface area contributed by atoms with Gasteiger partial charge in [-0.1, -0.05) is 68.5 Å². The quantitative estimate of drug-likeness (QED) is 0.423. The van der Waals surface area contributed by atoms with Crippen molar-refractivity contribution in [2.45, 2.75) is 58.7 Å². The van der Waals surface area contributed by atoms with Crippen molar-refractivity contribution in [2.24, 2.45) is 11.7 Å². The number of nitrogens with zero attached hydrogens (tertiary/aromatic N) is 4. The van der Waals surface area contributed by atoms with Crippen molar-refractivity contribution in [3.63, 3.8) is 0 Å². The van der Waals surface area contributed by atoms with Gasteiger partial charge in [0.15, 0.2) is 0 Å². The van der Waals surface area contributed by atoms with E-state index >= 15 is 0 Å². The van der Waals surface area contributed by atoms with Gasteiger partial charge in [0.2, 0.25) is 5.91 Å². The Morgan fingerprint density at radius 2 is 1.76 bits per heavy atom. The van der Waals surface area contributed by atoms with E-state index < -0.39 is 11.9 Å². The third-order valence-corrected chi connectivity index (χ3v) is 7.96. The van der Waals surface area contributed by atoms with Gasteiger partial charge in [-0.05, 0) is 55.4 Å². The van der Waals surface area contributed by atoms with Crippen molar-refractivity contribution < 1.29 is 9.59 Å². The summed E-state index contributed by atoms with van der Waals surface area (Å²) in [4.78, 5) is 39.6. The van der Waals surface area contributed by atoms with Crippen LogP contribution >= 0.6 is 0 Å². The summed E-state index contributed by atoms with van der Waals surface area (Å²) in [7, 11) is 0. The van der Waals surface area contributed by atoms with Crippen LogP contribution in [0.2, 0.25) is 0 Å². The van der Waals surface area contributed by atoms with Crippen LogP contribution in [0.3, 0.4) is 0 Å². The molecule has 2 amide bonds. The summed E-state index contributed by atoms with van der Waals surface area (Å²) in [6, 6.07) is 17.9. The highest BCUT2D eigenvalue weighted by Crippen LogP contribution is 2.18. The zero-order valence-corrected chi connectivity index (χ0v) is 24.2. The summed E-state index contributed by atoms with van der Waals surface area (Å²) in [5, 5.41) is 5.14. The summed E-state index contributed by atoms with van der Waals surface area (Å²) in [5.74, 6) is 1.06. The van der Waals surface area contributed by atoms with Crippen LogP contribution in [0.15, 0.2) is 54.6 Å². The molecular weight excluding hydrogens is 512 g/mol. The summed E-state index contributed by atoms with van der Waals surface area (Å²) >= 11 is 0. The highest BCUT2D eigenvalue weighted by Gasteiger charge is 2.28. The van der Waals surface area contributed by atoms with Crippen LogP contribution in [0, 0.1) is 5.92 Å². The number of anilines is 1. The smallest absolute Gasteiger partial charge is 0.253 e. The van der Waals surface area contributed by atoms with Crippen LogP contribution < -0.4 is 21.6 Å². The third kappa shape index (κ3) is 6.82. The number of hydrogen-bond donors (Lipinski definition) is 2. The van der Waals surface area contributed by atoms with Crippen molar-refractivity contribution in [3.05, 3.63) is 87.7 Å². The average Bonchev–Trinajstić information content (AvgIpc) is 2.97. The van der Waals surface area contributed by atoms with Crippen LogP contribution in [-0.4, -0.2) is 63.3 Å². The Hall–Kier alpha value is -4.04. The number of primary amides is 1. The zero-order chi connectivity index (χ0) is 28.9. The van der Waals surface area contributed by atoms with E-state index in [4.69, 9.17) is 15.7 Å². The molecule has 2 atom stereocenters. The molecule has 8 nitrogen and oxygen atoms in total. The van der Waals surface area contributed by atoms with Gasteiger partial charge in [-0.15, -0.1) is 0 Å². The standard InChI is InChI=1S/C33H40N6O2/c1-22(2)30(31(34)40)37-32-27-14-7-8-15-28(27)35-29(36-32)21-38-16-17-39(20-23(38)3)33(41)26-13-9-12-25(19-26)18-24-10-5-4-6-11-24/h4-6,9-15,19,22-23,30H,7-8,16-18,20-21H2,1-3H3,(H2,34,40)(H,35,36,37). The predicted molar refractivity (Wildman–Crippen MR) is 162 cm³/mol. The van der Waals surface area contributed by atoms with Crippen molar-refractivity contribution in [1.82, 2.24) is 19.8 Å². The maximum absolute atomic E-state index is 13.5. The number of aromatic nitrogens is 2. The van der Waals surface area contributed by atoms with Gasteiger partial charge in [-0.2, -0.15) is 0 Å². The Morgan fingerprint density at radius 3 is 2.49 bits per heavy atom. The van der Waals surface area contributed by atoms with E-state index in [1.165, 1.54) is 5.56 Å². The van der Waals surface area contributed by atoms with Gasteiger partial charge in [0, 0.05) is 36.5 Å². The molecule has 1 aliphatic carbocycles. The second kappa shape index (κ2) is 12.6. The first-order valence-corrected chi connectivity index (χ1v) is 14.6. The van der Waals surface area contributed by atoms with E-state index in [1.807, 2.05) is 55.1 Å². The highest BCUT2D eigenvalue weighted by atomic mass is 16.2. The lowest BCUT2D eigenvalue weighted by atomic mass is 10.0. The zero-order valence-electron chi connectivity index (χ0n) is 24.2. The van der Waals surface area contributed by atoms with Gasteiger partial charge in [-0.3, -0.25) is 14.5 Å². The fourth-order valence-electron chi connectivity index (χ4n) is 5.66. The lowest BCUT2D eigenvalue weighted by molar-refractivity contribution is -0.119. The minimum Gasteiger partial charge on any atom is -0.368 e. The molecule has 2 aromatic carbocycles. The highest BCUT2D eigenvalue weighted by molar-refractivity contribution is 5.94. The Morgan fingerprint density at radius 1 is 1.00 bits per heavy atom. The van der Waals surface area contributed by atoms with Crippen molar-refractivity contribution in [1.29, 1.82) is 0 Å². The maximum atomic E-state index is 13.5. The molecule has 2 unspecified atom stereocenters. The van der Waals surface area contributed by atoms with Crippen LogP contribution in [0.4, 0.5) is 5.82 Å². The van der Waals surface area contributed by atoms with Crippen LogP contribution in [0.5, 0.6) is 0 Å². The molecule has 1 aliphatic heterocycles. The van der Waals surface area contributed by atoms with Crippen LogP contribution in [0.1, 0.15) is 60.9 Å². The second-order valence-corrected chi connectivity index (χ2v) is 11.5. The Bertz CT molecular complexity index is 1520. The van der Waals surface area contributed by atoms with E-state index in [0.29, 0.717) is 31.3 Å². The molecular formula is C33H40N6O2. The fraction of sp³-hybridized carbons (Fsp3) is 0.394. The fourth-order valence-corrected chi connectivity index (χ4v) is 5.66. The number of hydrogen-bond acceptors (Lipinski definition) is 6. The van der Waals surface area contributed by atoms with Crippen LogP contribution in [0.25, 0.3) is 12.2 Å². The molecule has 8 heteroatoms. The molecule has 3 N–H and O–H groups in total. The number of carbonyl (C=O) groups excluding carboxylic acids is 2. The Balaban J connectivity index is 1.28. The van der Waals surface area contributed by atoms with Gasteiger partial charge in [0.1, 0.15) is 17.7 Å². The minimum absolute atomic E-state index is 0.0267. The number of fused-ring (bicyclic) bond motifs is 1. The van der Waals surface area contributed by atoms with Gasteiger partial charge in [0.25, 0.3) is 5.91 Å². The van der Waals surface area contributed by atoms with E-state index in [-0.39, 0.29) is 17.9 Å².